The summed E-state index contributed by atoms with van der Waals surface area (Å²) < 4.78 is 0. The average molecular weight is 355 g/mol. The Balaban J connectivity index is 1.38. The van der Waals surface area contributed by atoms with Crippen molar-refractivity contribution in [3.63, 3.8) is 0 Å². The molecule has 6 heteroatoms. The van der Waals surface area contributed by atoms with Gasteiger partial charge in [-0.1, -0.05) is 6.08 Å². The number of hydrogen-bond acceptors (Lipinski definition) is 6. The van der Waals surface area contributed by atoms with Crippen molar-refractivity contribution in [1.82, 2.24) is 15.0 Å². The van der Waals surface area contributed by atoms with E-state index in [1.165, 1.54) is 57.8 Å². The summed E-state index contributed by atoms with van der Waals surface area (Å²) in [6.45, 7) is 4.43. The number of aromatic nitrogens is 3. The van der Waals surface area contributed by atoms with E-state index in [-0.39, 0.29) is 5.54 Å². The molecule has 26 heavy (non-hydrogen) atoms. The fourth-order valence-electron chi connectivity index (χ4n) is 5.97. The van der Waals surface area contributed by atoms with E-state index in [1.807, 2.05) is 6.08 Å². The van der Waals surface area contributed by atoms with Crippen molar-refractivity contribution in [1.29, 1.82) is 0 Å². The average Bonchev–Trinajstić information content (AvgIpc) is 2.54. The summed E-state index contributed by atoms with van der Waals surface area (Å²) in [6, 6.07) is 0.511. The number of nitrogens with one attached hydrogen (secondary N) is 3. The van der Waals surface area contributed by atoms with E-state index >= 15 is 0 Å². The van der Waals surface area contributed by atoms with E-state index in [0.29, 0.717) is 24.5 Å². The zero-order valence-corrected chi connectivity index (χ0v) is 15.5. The number of hydrogen-bond donors (Lipinski definition) is 3. The number of anilines is 3. The molecule has 0 spiro atoms. The van der Waals surface area contributed by atoms with Gasteiger partial charge in [-0.2, -0.15) is 15.0 Å². The molecule has 1 aromatic heterocycles. The molecular formula is C20H30N6. The van der Waals surface area contributed by atoms with Crippen LogP contribution in [0.5, 0.6) is 0 Å². The van der Waals surface area contributed by atoms with E-state index in [4.69, 9.17) is 4.98 Å². The second-order valence-corrected chi connectivity index (χ2v) is 9.07. The van der Waals surface area contributed by atoms with Gasteiger partial charge >= 0.3 is 0 Å². The van der Waals surface area contributed by atoms with Gasteiger partial charge in [-0.3, -0.25) is 0 Å². The lowest BCUT2D eigenvalue weighted by molar-refractivity contribution is 0.0103. The Hall–Kier alpha value is -1.85. The van der Waals surface area contributed by atoms with Gasteiger partial charge in [0, 0.05) is 18.1 Å². The molecule has 6 rings (SSSR count). The van der Waals surface area contributed by atoms with Crippen LogP contribution in [0.2, 0.25) is 0 Å². The molecular weight excluding hydrogens is 324 g/mol. The van der Waals surface area contributed by atoms with Crippen molar-refractivity contribution in [2.75, 3.05) is 22.5 Å². The maximum Gasteiger partial charge on any atom is 0.229 e. The molecule has 3 N–H and O–H groups in total. The summed E-state index contributed by atoms with van der Waals surface area (Å²) in [4.78, 5) is 13.9. The zero-order valence-electron chi connectivity index (χ0n) is 15.5. The van der Waals surface area contributed by atoms with E-state index in [2.05, 4.69) is 32.5 Å². The van der Waals surface area contributed by atoms with Gasteiger partial charge in [-0.15, -0.1) is 6.58 Å². The van der Waals surface area contributed by atoms with Gasteiger partial charge in [0.25, 0.3) is 0 Å². The van der Waals surface area contributed by atoms with Crippen molar-refractivity contribution in [2.45, 2.75) is 69.4 Å². The van der Waals surface area contributed by atoms with Gasteiger partial charge in [-0.05, 0) is 75.5 Å². The first-order chi connectivity index (χ1) is 12.7. The molecule has 4 bridgehead atoms. The number of nitrogens with zero attached hydrogens (tertiary/aromatic N) is 3. The smallest absolute Gasteiger partial charge is 0.229 e. The van der Waals surface area contributed by atoms with Gasteiger partial charge in [0.1, 0.15) is 0 Å². The Morgan fingerprint density at radius 3 is 2.12 bits per heavy atom. The van der Waals surface area contributed by atoms with Crippen molar-refractivity contribution < 1.29 is 0 Å². The minimum Gasteiger partial charge on any atom is -0.351 e. The monoisotopic (exact) mass is 354 g/mol. The molecule has 5 fully saturated rings. The molecule has 0 aliphatic heterocycles. The first-order valence-electron chi connectivity index (χ1n) is 10.4. The van der Waals surface area contributed by atoms with Crippen LogP contribution < -0.4 is 16.0 Å². The van der Waals surface area contributed by atoms with Crippen LogP contribution in [0.4, 0.5) is 17.8 Å². The third kappa shape index (κ3) is 3.14. The van der Waals surface area contributed by atoms with Crippen LogP contribution in [0, 0.1) is 17.8 Å². The molecule has 5 aliphatic carbocycles. The Labute approximate surface area is 155 Å². The fraction of sp³-hybridized carbons (Fsp3) is 0.750. The van der Waals surface area contributed by atoms with Gasteiger partial charge in [0.2, 0.25) is 17.8 Å². The van der Waals surface area contributed by atoms with Crippen molar-refractivity contribution in [2.24, 2.45) is 17.8 Å². The molecule has 140 valence electrons. The maximum absolute atomic E-state index is 4.73. The SMILES string of the molecule is C=CCNc1nc(NC2CCC2)nc(NC23CC4CC(CC(C4)C2)C3)n1. The van der Waals surface area contributed by atoms with Crippen LogP contribution in [0.3, 0.4) is 0 Å². The highest BCUT2D eigenvalue weighted by atomic mass is 15.3. The lowest BCUT2D eigenvalue weighted by Crippen LogP contribution is -2.55. The Bertz CT molecular complexity index is 648. The summed E-state index contributed by atoms with van der Waals surface area (Å²) in [7, 11) is 0. The lowest BCUT2D eigenvalue weighted by atomic mass is 9.53. The van der Waals surface area contributed by atoms with Gasteiger partial charge in [-0.25, -0.2) is 0 Å². The van der Waals surface area contributed by atoms with Crippen molar-refractivity contribution in [3.8, 4) is 0 Å². The Morgan fingerprint density at radius 1 is 0.923 bits per heavy atom. The molecule has 0 saturated heterocycles. The minimum atomic E-state index is 0.208. The predicted molar refractivity (Wildman–Crippen MR) is 104 cm³/mol. The standard InChI is InChI=1S/C20H30N6/c1-2-6-21-17-23-18(22-16-4-3-5-16)25-19(24-17)26-20-10-13-7-14(11-20)9-15(8-13)12-20/h2,13-16H,1,3-12H2,(H3,21,22,23,24,25,26). The molecule has 0 aromatic carbocycles. The molecule has 1 heterocycles. The fourth-order valence-corrected chi connectivity index (χ4v) is 5.97. The minimum absolute atomic E-state index is 0.208. The Morgan fingerprint density at radius 2 is 1.54 bits per heavy atom. The van der Waals surface area contributed by atoms with Crippen LogP contribution >= 0.6 is 0 Å². The van der Waals surface area contributed by atoms with Crippen molar-refractivity contribution in [3.05, 3.63) is 12.7 Å². The summed E-state index contributed by atoms with van der Waals surface area (Å²) in [5.41, 5.74) is 0.208. The van der Waals surface area contributed by atoms with Crippen LogP contribution in [-0.4, -0.2) is 33.1 Å². The third-order valence-corrected chi connectivity index (χ3v) is 6.89. The number of rotatable bonds is 7. The highest BCUT2D eigenvalue weighted by Crippen LogP contribution is 2.56. The third-order valence-electron chi connectivity index (χ3n) is 6.89. The zero-order chi connectivity index (χ0) is 17.6. The molecule has 1 aromatic rings. The summed E-state index contributed by atoms with van der Waals surface area (Å²) >= 11 is 0. The van der Waals surface area contributed by atoms with Crippen molar-refractivity contribution >= 4 is 17.8 Å². The molecule has 5 aliphatic rings. The molecule has 0 unspecified atom stereocenters. The van der Waals surface area contributed by atoms with E-state index < -0.39 is 0 Å². The second-order valence-electron chi connectivity index (χ2n) is 9.07. The predicted octanol–water partition coefficient (Wildman–Crippen LogP) is 3.81. The quantitative estimate of drug-likeness (QED) is 0.647. The van der Waals surface area contributed by atoms with E-state index in [1.54, 1.807) is 0 Å². The van der Waals surface area contributed by atoms with Gasteiger partial charge < -0.3 is 16.0 Å². The van der Waals surface area contributed by atoms with Crippen LogP contribution in [0.1, 0.15) is 57.8 Å². The maximum atomic E-state index is 4.73. The van der Waals surface area contributed by atoms with E-state index in [0.717, 1.165) is 23.7 Å². The topological polar surface area (TPSA) is 74.8 Å². The molecule has 5 saturated carbocycles. The first-order valence-corrected chi connectivity index (χ1v) is 10.4. The Kier molecular flexibility index (Phi) is 4.02. The highest BCUT2D eigenvalue weighted by molar-refractivity contribution is 5.45. The van der Waals surface area contributed by atoms with Gasteiger partial charge in [0.15, 0.2) is 0 Å². The summed E-state index contributed by atoms with van der Waals surface area (Å²) in [5.74, 6) is 4.78. The lowest BCUT2D eigenvalue weighted by Gasteiger charge is -2.56. The summed E-state index contributed by atoms with van der Waals surface area (Å²) in [5, 5.41) is 10.5. The second kappa shape index (κ2) is 6.39. The van der Waals surface area contributed by atoms with Crippen LogP contribution in [0.15, 0.2) is 12.7 Å². The summed E-state index contributed by atoms with van der Waals surface area (Å²) in [6.07, 6.45) is 13.7. The van der Waals surface area contributed by atoms with Crippen LogP contribution in [0.25, 0.3) is 0 Å². The van der Waals surface area contributed by atoms with E-state index in [9.17, 15) is 0 Å². The molecule has 0 radical (unpaired) electrons. The van der Waals surface area contributed by atoms with Crippen LogP contribution in [-0.2, 0) is 0 Å². The molecule has 6 nitrogen and oxygen atoms in total. The normalized spacial score (nSPS) is 35.0. The first kappa shape index (κ1) is 16.3. The van der Waals surface area contributed by atoms with Gasteiger partial charge in [0.05, 0.1) is 0 Å². The molecule has 0 atom stereocenters. The largest absolute Gasteiger partial charge is 0.351 e. The highest BCUT2D eigenvalue weighted by Gasteiger charge is 2.51. The molecule has 0 amide bonds.